The fraction of sp³-hybridized carbons (Fsp3) is 0.500. The maximum Gasteiger partial charge on any atom is 0.405 e. The quantitative estimate of drug-likeness (QED) is 0.789. The van der Waals surface area contributed by atoms with Crippen LogP contribution >= 0.6 is 0 Å². The summed E-state index contributed by atoms with van der Waals surface area (Å²) in [6.45, 7) is -2.51. The van der Waals surface area contributed by atoms with Crippen molar-refractivity contribution in [1.82, 2.24) is 5.32 Å². The molecule has 0 fully saturated rings. The van der Waals surface area contributed by atoms with Crippen LogP contribution < -0.4 is 10.2 Å². The second-order valence-electron chi connectivity index (χ2n) is 4.20. The molecule has 0 aliphatic rings. The number of hydrogen-bond acceptors (Lipinski definition) is 3. The van der Waals surface area contributed by atoms with Gasteiger partial charge in [-0.1, -0.05) is 0 Å². The zero-order chi connectivity index (χ0) is 15.3. The zero-order valence-electron chi connectivity index (χ0n) is 10.8. The van der Waals surface area contributed by atoms with E-state index in [-0.39, 0.29) is 12.1 Å². The van der Waals surface area contributed by atoms with Gasteiger partial charge in [-0.05, 0) is 24.7 Å². The first-order valence-corrected chi connectivity index (χ1v) is 5.83. The Morgan fingerprint density at radius 1 is 1.20 bits per heavy atom. The van der Waals surface area contributed by atoms with Gasteiger partial charge in [-0.3, -0.25) is 0 Å². The van der Waals surface area contributed by atoms with Crippen LogP contribution in [0.3, 0.4) is 0 Å². The highest BCUT2D eigenvalue weighted by molar-refractivity contribution is 5.51. The fourth-order valence-electron chi connectivity index (χ4n) is 1.83. The van der Waals surface area contributed by atoms with E-state index in [1.807, 2.05) is 0 Å². The zero-order valence-corrected chi connectivity index (χ0v) is 10.8. The molecule has 0 radical (unpaired) electrons. The molecule has 1 rings (SSSR count). The molecule has 0 heterocycles. The van der Waals surface area contributed by atoms with Gasteiger partial charge in [-0.2, -0.15) is 13.2 Å². The Balaban J connectivity index is 3.13. The Kier molecular flexibility index (Phi) is 5.70. The Bertz CT molecular complexity index is 427. The van der Waals surface area contributed by atoms with Crippen LogP contribution in [0.4, 0.5) is 27.6 Å². The molecule has 0 saturated heterocycles. The molecule has 0 spiro atoms. The van der Waals surface area contributed by atoms with Crippen molar-refractivity contribution in [2.24, 2.45) is 0 Å². The van der Waals surface area contributed by atoms with Crippen LogP contribution in [0.25, 0.3) is 0 Å². The molecule has 2 N–H and O–H groups in total. The van der Waals surface area contributed by atoms with E-state index in [0.29, 0.717) is 4.90 Å². The molecule has 114 valence electrons. The fourth-order valence-corrected chi connectivity index (χ4v) is 1.83. The standard InChI is InChI=1S/C12H15F5N2O/c1-18-6-8-4-9(13)11(10(14)5-8)19(2-3-20)7-12(15,16)17/h4-5,18,20H,2-3,6-7H2,1H3. The SMILES string of the molecule is CNCc1cc(F)c(N(CCO)CC(F)(F)F)c(F)c1. The number of rotatable bonds is 6. The van der Waals surface area contributed by atoms with Crippen LogP contribution in [0.1, 0.15) is 5.56 Å². The van der Waals surface area contributed by atoms with Crippen molar-refractivity contribution in [2.45, 2.75) is 12.7 Å². The lowest BCUT2D eigenvalue weighted by molar-refractivity contribution is -0.120. The van der Waals surface area contributed by atoms with Crippen LogP contribution in [0.2, 0.25) is 0 Å². The maximum atomic E-state index is 13.8. The van der Waals surface area contributed by atoms with Crippen molar-refractivity contribution in [3.05, 3.63) is 29.3 Å². The minimum absolute atomic E-state index is 0.188. The van der Waals surface area contributed by atoms with Gasteiger partial charge in [0, 0.05) is 13.1 Å². The average molecular weight is 298 g/mol. The lowest BCUT2D eigenvalue weighted by Gasteiger charge is -2.26. The first-order chi connectivity index (χ1) is 9.28. The molecule has 0 atom stereocenters. The third-order valence-electron chi connectivity index (χ3n) is 2.51. The maximum absolute atomic E-state index is 13.8. The van der Waals surface area contributed by atoms with E-state index in [1.165, 1.54) is 0 Å². The third kappa shape index (κ3) is 4.61. The van der Waals surface area contributed by atoms with E-state index >= 15 is 0 Å². The van der Waals surface area contributed by atoms with Gasteiger partial charge in [0.25, 0.3) is 0 Å². The normalized spacial score (nSPS) is 11.8. The Morgan fingerprint density at radius 2 is 1.75 bits per heavy atom. The lowest BCUT2D eigenvalue weighted by Crippen LogP contribution is -2.37. The largest absolute Gasteiger partial charge is 0.405 e. The second kappa shape index (κ2) is 6.85. The molecular formula is C12H15F5N2O. The Labute approximate surface area is 113 Å². The predicted octanol–water partition coefficient (Wildman–Crippen LogP) is 2.05. The van der Waals surface area contributed by atoms with Crippen molar-refractivity contribution in [2.75, 3.05) is 31.6 Å². The monoisotopic (exact) mass is 298 g/mol. The minimum Gasteiger partial charge on any atom is -0.395 e. The van der Waals surface area contributed by atoms with Gasteiger partial charge in [-0.25, -0.2) is 8.78 Å². The molecule has 0 bridgehead atoms. The van der Waals surface area contributed by atoms with Gasteiger partial charge < -0.3 is 15.3 Å². The number of nitrogens with one attached hydrogen (secondary N) is 1. The van der Waals surface area contributed by atoms with Crippen LogP contribution in [0.5, 0.6) is 0 Å². The summed E-state index contributed by atoms with van der Waals surface area (Å²) in [6, 6.07) is 1.94. The van der Waals surface area contributed by atoms with E-state index in [4.69, 9.17) is 5.11 Å². The highest BCUT2D eigenvalue weighted by Crippen LogP contribution is 2.28. The summed E-state index contributed by atoms with van der Waals surface area (Å²) in [5.74, 6) is -2.18. The van der Waals surface area contributed by atoms with Crippen LogP contribution in [0.15, 0.2) is 12.1 Å². The summed E-state index contributed by atoms with van der Waals surface area (Å²) in [6.07, 6.45) is -4.63. The number of halogens is 5. The van der Waals surface area contributed by atoms with E-state index in [9.17, 15) is 22.0 Å². The molecular weight excluding hydrogens is 283 g/mol. The summed E-state index contributed by atoms with van der Waals surface area (Å²) < 4.78 is 64.8. The van der Waals surface area contributed by atoms with E-state index in [0.717, 1.165) is 12.1 Å². The van der Waals surface area contributed by atoms with Crippen molar-refractivity contribution in [3.63, 3.8) is 0 Å². The van der Waals surface area contributed by atoms with Crippen LogP contribution in [-0.2, 0) is 6.54 Å². The molecule has 3 nitrogen and oxygen atoms in total. The molecule has 1 aromatic carbocycles. The highest BCUT2D eigenvalue weighted by Gasteiger charge is 2.32. The molecule has 8 heteroatoms. The molecule has 0 aliphatic heterocycles. The number of alkyl halides is 3. The van der Waals surface area contributed by atoms with Gasteiger partial charge in [0.1, 0.15) is 23.9 Å². The smallest absolute Gasteiger partial charge is 0.395 e. The summed E-state index contributed by atoms with van der Waals surface area (Å²) >= 11 is 0. The number of anilines is 1. The van der Waals surface area contributed by atoms with Crippen molar-refractivity contribution >= 4 is 5.69 Å². The number of nitrogens with zero attached hydrogens (tertiary/aromatic N) is 1. The summed E-state index contributed by atoms with van der Waals surface area (Å²) in [5, 5.41) is 11.4. The van der Waals surface area contributed by atoms with Crippen molar-refractivity contribution < 1.29 is 27.1 Å². The van der Waals surface area contributed by atoms with Gasteiger partial charge in [0.2, 0.25) is 0 Å². The predicted molar refractivity (Wildman–Crippen MR) is 64.5 cm³/mol. The number of benzene rings is 1. The summed E-state index contributed by atoms with van der Waals surface area (Å²) in [5.41, 5.74) is -0.501. The lowest BCUT2D eigenvalue weighted by atomic mass is 10.1. The molecule has 20 heavy (non-hydrogen) atoms. The first kappa shape index (κ1) is 16.6. The third-order valence-corrected chi connectivity index (χ3v) is 2.51. The average Bonchev–Trinajstić information content (AvgIpc) is 2.26. The van der Waals surface area contributed by atoms with Gasteiger partial charge in [0.05, 0.1) is 6.61 Å². The van der Waals surface area contributed by atoms with E-state index < -0.39 is 43.2 Å². The molecule has 0 saturated carbocycles. The molecule has 0 aliphatic carbocycles. The summed E-state index contributed by atoms with van der Waals surface area (Å²) in [4.78, 5) is 0.438. The van der Waals surface area contributed by atoms with Crippen molar-refractivity contribution in [1.29, 1.82) is 0 Å². The minimum atomic E-state index is -4.63. The van der Waals surface area contributed by atoms with Crippen LogP contribution in [0, 0.1) is 11.6 Å². The van der Waals surface area contributed by atoms with Gasteiger partial charge >= 0.3 is 6.18 Å². The number of aliphatic hydroxyl groups excluding tert-OH is 1. The van der Waals surface area contributed by atoms with E-state index in [1.54, 1.807) is 7.05 Å². The topological polar surface area (TPSA) is 35.5 Å². The molecule has 1 aromatic rings. The van der Waals surface area contributed by atoms with Crippen molar-refractivity contribution in [3.8, 4) is 0 Å². The van der Waals surface area contributed by atoms with E-state index in [2.05, 4.69) is 5.32 Å². The first-order valence-electron chi connectivity index (χ1n) is 5.83. The summed E-state index contributed by atoms with van der Waals surface area (Å²) in [7, 11) is 1.57. The Hall–Kier alpha value is -1.41. The number of aliphatic hydroxyl groups is 1. The van der Waals surface area contributed by atoms with Gasteiger partial charge in [-0.15, -0.1) is 0 Å². The van der Waals surface area contributed by atoms with Crippen LogP contribution in [-0.4, -0.2) is 38.0 Å². The Morgan fingerprint density at radius 3 is 2.15 bits per heavy atom. The molecule has 0 amide bonds. The number of hydrogen-bond donors (Lipinski definition) is 2. The highest BCUT2D eigenvalue weighted by atomic mass is 19.4. The molecule has 0 aromatic heterocycles. The van der Waals surface area contributed by atoms with Gasteiger partial charge in [0.15, 0.2) is 0 Å². The second-order valence-corrected chi connectivity index (χ2v) is 4.20. The molecule has 0 unspecified atom stereocenters.